The highest BCUT2D eigenvalue weighted by Gasteiger charge is 2.21. The van der Waals surface area contributed by atoms with Gasteiger partial charge in [0.25, 0.3) is 0 Å². The van der Waals surface area contributed by atoms with Crippen molar-refractivity contribution in [2.24, 2.45) is 0 Å². The van der Waals surface area contributed by atoms with Gasteiger partial charge in [-0.25, -0.2) is 4.79 Å². The fourth-order valence-electron chi connectivity index (χ4n) is 4.46. The van der Waals surface area contributed by atoms with E-state index in [9.17, 15) is 9.59 Å². The summed E-state index contributed by atoms with van der Waals surface area (Å²) in [6, 6.07) is 24.7. The van der Waals surface area contributed by atoms with Gasteiger partial charge in [-0.05, 0) is 41.5 Å². The number of carboxylic acid groups (broad SMARTS) is 1. The first-order chi connectivity index (χ1) is 16.1. The van der Waals surface area contributed by atoms with Crippen molar-refractivity contribution in [3.05, 3.63) is 106 Å². The van der Waals surface area contributed by atoms with Crippen LogP contribution in [0.25, 0.3) is 16.6 Å². The normalized spacial score (nSPS) is 14.5. The Hall–Kier alpha value is -3.90. The molecule has 2 aromatic carbocycles. The molecule has 33 heavy (non-hydrogen) atoms. The first-order valence-corrected chi connectivity index (χ1v) is 11.1. The number of hydrogen-bond acceptors (Lipinski definition) is 4. The van der Waals surface area contributed by atoms with E-state index in [1.54, 1.807) is 24.3 Å². The fourth-order valence-corrected chi connectivity index (χ4v) is 4.46. The Morgan fingerprint density at radius 3 is 2.27 bits per heavy atom. The maximum atomic E-state index is 12.0. The minimum Gasteiger partial charge on any atom is -0.478 e. The summed E-state index contributed by atoms with van der Waals surface area (Å²) in [6.45, 7) is 4.35. The van der Waals surface area contributed by atoms with Crippen LogP contribution in [0.4, 0.5) is 5.82 Å². The average Bonchev–Trinajstić information content (AvgIpc) is 3.10. The molecule has 6 nitrogen and oxygen atoms in total. The van der Waals surface area contributed by atoms with E-state index >= 15 is 0 Å². The highest BCUT2D eigenvalue weighted by atomic mass is 16.4. The number of benzene rings is 2. The number of fused-ring (bicyclic) bond motifs is 1. The monoisotopic (exact) mass is 439 g/mol. The van der Waals surface area contributed by atoms with Crippen molar-refractivity contribution in [3.63, 3.8) is 0 Å². The summed E-state index contributed by atoms with van der Waals surface area (Å²) in [5.41, 5.74) is 4.67. The maximum absolute atomic E-state index is 12.0. The van der Waals surface area contributed by atoms with Gasteiger partial charge in [0, 0.05) is 50.6 Å². The number of piperazine rings is 1. The zero-order valence-corrected chi connectivity index (χ0v) is 18.2. The van der Waals surface area contributed by atoms with Crippen LogP contribution in [0.5, 0.6) is 0 Å². The zero-order valence-electron chi connectivity index (χ0n) is 18.2. The molecule has 6 heteroatoms. The Labute approximate surface area is 191 Å². The number of carboxylic acids is 1. The fraction of sp³-hybridized carbons (Fsp3) is 0.185. The molecule has 1 aliphatic rings. The summed E-state index contributed by atoms with van der Waals surface area (Å²) in [5, 5.41) is 9.08. The van der Waals surface area contributed by atoms with Crippen molar-refractivity contribution in [1.82, 2.24) is 9.30 Å². The second-order valence-electron chi connectivity index (χ2n) is 8.35. The lowest BCUT2D eigenvalue weighted by Crippen LogP contribution is -2.46. The zero-order chi connectivity index (χ0) is 22.8. The van der Waals surface area contributed by atoms with Crippen LogP contribution >= 0.6 is 0 Å². The SMILES string of the molecule is O=C(O)c1ccc(CN2CCN(c3cc(-c4ccccc4)c4ccc(=O)ccn34)CC2)cc1. The third kappa shape index (κ3) is 4.38. The molecule has 0 bridgehead atoms. The number of nitrogens with zero attached hydrogens (tertiary/aromatic N) is 3. The molecule has 0 radical (unpaired) electrons. The molecule has 0 aliphatic carbocycles. The maximum Gasteiger partial charge on any atom is 0.335 e. The minimum atomic E-state index is -0.901. The number of carbonyl (C=O) groups is 1. The van der Waals surface area contributed by atoms with E-state index in [1.807, 2.05) is 42.6 Å². The summed E-state index contributed by atoms with van der Waals surface area (Å²) < 4.78 is 2.12. The summed E-state index contributed by atoms with van der Waals surface area (Å²) in [5.74, 6) is 0.187. The van der Waals surface area contributed by atoms with Crippen molar-refractivity contribution in [1.29, 1.82) is 0 Å². The van der Waals surface area contributed by atoms with Crippen LogP contribution < -0.4 is 10.3 Å². The van der Waals surface area contributed by atoms with Crippen LogP contribution in [0, 0.1) is 0 Å². The lowest BCUT2D eigenvalue weighted by Gasteiger charge is -2.35. The first-order valence-electron chi connectivity index (χ1n) is 11.1. The highest BCUT2D eigenvalue weighted by Crippen LogP contribution is 2.32. The van der Waals surface area contributed by atoms with E-state index in [-0.39, 0.29) is 5.43 Å². The Kier molecular flexibility index (Phi) is 5.67. The topological polar surface area (TPSA) is 65.3 Å². The van der Waals surface area contributed by atoms with Gasteiger partial charge in [0.05, 0.1) is 11.1 Å². The van der Waals surface area contributed by atoms with Crippen LogP contribution in [0.2, 0.25) is 0 Å². The molecule has 1 N–H and O–H groups in total. The molecule has 2 aromatic heterocycles. The Bertz CT molecular complexity index is 1340. The molecule has 166 valence electrons. The van der Waals surface area contributed by atoms with Gasteiger partial charge in [-0.2, -0.15) is 0 Å². The Morgan fingerprint density at radius 1 is 0.848 bits per heavy atom. The van der Waals surface area contributed by atoms with Gasteiger partial charge in [0.2, 0.25) is 0 Å². The molecule has 1 fully saturated rings. The summed E-state index contributed by atoms with van der Waals surface area (Å²) in [7, 11) is 0. The van der Waals surface area contributed by atoms with E-state index in [4.69, 9.17) is 5.11 Å². The van der Waals surface area contributed by atoms with E-state index in [1.165, 1.54) is 0 Å². The van der Waals surface area contributed by atoms with Crippen molar-refractivity contribution in [2.45, 2.75) is 6.54 Å². The number of aromatic carboxylic acids is 1. The van der Waals surface area contributed by atoms with Crippen LogP contribution in [-0.4, -0.2) is 46.6 Å². The van der Waals surface area contributed by atoms with Gasteiger partial charge in [-0.1, -0.05) is 42.5 Å². The van der Waals surface area contributed by atoms with Crippen LogP contribution in [0.1, 0.15) is 15.9 Å². The van der Waals surface area contributed by atoms with E-state index < -0.39 is 5.97 Å². The lowest BCUT2D eigenvalue weighted by molar-refractivity contribution is 0.0697. The summed E-state index contributed by atoms with van der Waals surface area (Å²) in [4.78, 5) is 27.8. The van der Waals surface area contributed by atoms with Crippen LogP contribution in [0.15, 0.2) is 89.9 Å². The van der Waals surface area contributed by atoms with Gasteiger partial charge in [-0.15, -0.1) is 0 Å². The predicted octanol–water partition coefficient (Wildman–Crippen LogP) is 3.99. The highest BCUT2D eigenvalue weighted by molar-refractivity contribution is 5.87. The molecule has 5 rings (SSSR count). The average molecular weight is 440 g/mol. The summed E-state index contributed by atoms with van der Waals surface area (Å²) >= 11 is 0. The standard InChI is InChI=1S/C27H25N3O3/c31-23-10-11-25-24(21-4-2-1-3-5-21)18-26(30(25)13-12-23)29-16-14-28(15-17-29)19-20-6-8-22(9-7-20)27(32)33/h1-13,18H,14-17,19H2,(H,32,33). The quantitative estimate of drug-likeness (QED) is 0.510. The molecule has 1 saturated heterocycles. The van der Waals surface area contributed by atoms with Crippen LogP contribution in [-0.2, 0) is 6.54 Å². The smallest absolute Gasteiger partial charge is 0.335 e. The van der Waals surface area contributed by atoms with E-state index in [0.717, 1.165) is 60.7 Å². The minimum absolute atomic E-state index is 0.0117. The van der Waals surface area contributed by atoms with Crippen molar-refractivity contribution < 1.29 is 9.90 Å². The first kappa shape index (κ1) is 21.0. The number of anilines is 1. The van der Waals surface area contributed by atoms with Gasteiger partial charge in [0.1, 0.15) is 5.82 Å². The number of hydrogen-bond donors (Lipinski definition) is 1. The Morgan fingerprint density at radius 2 is 1.58 bits per heavy atom. The number of rotatable bonds is 5. The van der Waals surface area contributed by atoms with Crippen molar-refractivity contribution >= 4 is 17.3 Å². The molecule has 3 heterocycles. The van der Waals surface area contributed by atoms with E-state index in [2.05, 4.69) is 32.4 Å². The molecule has 4 aromatic rings. The van der Waals surface area contributed by atoms with Crippen molar-refractivity contribution in [3.8, 4) is 11.1 Å². The van der Waals surface area contributed by atoms with E-state index in [0.29, 0.717) is 5.56 Å². The van der Waals surface area contributed by atoms with Crippen molar-refractivity contribution in [2.75, 3.05) is 31.1 Å². The molecule has 0 atom stereocenters. The molecule has 0 unspecified atom stereocenters. The Balaban J connectivity index is 1.38. The summed E-state index contributed by atoms with van der Waals surface area (Å²) in [6.07, 6.45) is 1.87. The number of aromatic nitrogens is 1. The van der Waals surface area contributed by atoms with Gasteiger partial charge in [0.15, 0.2) is 5.43 Å². The molecular formula is C27H25N3O3. The largest absolute Gasteiger partial charge is 0.478 e. The van der Waals surface area contributed by atoms with Gasteiger partial charge >= 0.3 is 5.97 Å². The molecular weight excluding hydrogens is 414 g/mol. The van der Waals surface area contributed by atoms with Gasteiger partial charge in [-0.3, -0.25) is 9.69 Å². The second kappa shape index (κ2) is 8.92. The second-order valence-corrected chi connectivity index (χ2v) is 8.35. The molecule has 0 saturated carbocycles. The lowest BCUT2D eigenvalue weighted by atomic mass is 10.1. The molecule has 0 spiro atoms. The third-order valence-corrected chi connectivity index (χ3v) is 6.24. The van der Waals surface area contributed by atoms with Crippen LogP contribution in [0.3, 0.4) is 0 Å². The molecule has 1 aliphatic heterocycles. The molecule has 0 amide bonds. The third-order valence-electron chi connectivity index (χ3n) is 6.24. The predicted molar refractivity (Wildman–Crippen MR) is 130 cm³/mol. The van der Waals surface area contributed by atoms with Gasteiger partial charge < -0.3 is 14.4 Å².